The van der Waals surface area contributed by atoms with E-state index in [0.717, 1.165) is 4.88 Å². The van der Waals surface area contributed by atoms with Gasteiger partial charge in [0, 0.05) is 23.9 Å². The van der Waals surface area contributed by atoms with E-state index in [4.69, 9.17) is 4.52 Å². The molecule has 0 saturated heterocycles. The highest BCUT2D eigenvalue weighted by Gasteiger charge is 2.15. The smallest absolute Gasteiger partial charge is 0.321 e. The van der Waals surface area contributed by atoms with E-state index in [1.165, 1.54) is 11.3 Å². The Morgan fingerprint density at radius 3 is 2.67 bits per heavy atom. The first-order chi connectivity index (χ1) is 9.88. The number of thiophene rings is 1. The summed E-state index contributed by atoms with van der Waals surface area (Å²) in [5.41, 5.74) is 0. The molecule has 0 fully saturated rings. The Balaban J connectivity index is 1.81. The predicted molar refractivity (Wildman–Crippen MR) is 81.1 cm³/mol. The maximum absolute atomic E-state index is 12.0. The average Bonchev–Trinajstić information content (AvgIpc) is 3.04. The van der Waals surface area contributed by atoms with Crippen molar-refractivity contribution in [3.8, 4) is 0 Å². The molecule has 0 atom stereocenters. The van der Waals surface area contributed by atoms with E-state index < -0.39 is 10.0 Å². The zero-order valence-corrected chi connectivity index (χ0v) is 13.7. The maximum Gasteiger partial charge on any atom is 0.321 e. The Morgan fingerprint density at radius 1 is 1.33 bits per heavy atom. The summed E-state index contributed by atoms with van der Waals surface area (Å²) in [6.07, 6.45) is 0. The van der Waals surface area contributed by atoms with Crippen LogP contribution in [0.25, 0.3) is 0 Å². The van der Waals surface area contributed by atoms with Gasteiger partial charge in [-0.2, -0.15) is 4.98 Å². The molecule has 0 amide bonds. The summed E-state index contributed by atoms with van der Waals surface area (Å²) in [4.78, 5) is 5.10. The van der Waals surface area contributed by atoms with Crippen LogP contribution >= 0.6 is 11.3 Å². The van der Waals surface area contributed by atoms with Crippen LogP contribution in [0.1, 0.15) is 30.5 Å². The first-order valence-corrected chi connectivity index (χ1v) is 8.82. The van der Waals surface area contributed by atoms with Crippen LogP contribution in [0, 0.1) is 6.92 Å². The monoisotopic (exact) mass is 330 g/mol. The fourth-order valence-electron chi connectivity index (χ4n) is 1.52. The Labute approximate surface area is 127 Å². The van der Waals surface area contributed by atoms with Crippen LogP contribution in [-0.2, 0) is 10.0 Å². The molecule has 2 heterocycles. The Kier molecular flexibility index (Phi) is 4.96. The van der Waals surface area contributed by atoms with E-state index in [1.807, 2.05) is 20.8 Å². The zero-order chi connectivity index (χ0) is 15.5. The van der Waals surface area contributed by atoms with Gasteiger partial charge in [0.05, 0.1) is 0 Å². The molecule has 0 spiro atoms. The molecule has 21 heavy (non-hydrogen) atoms. The van der Waals surface area contributed by atoms with Crippen molar-refractivity contribution in [2.24, 2.45) is 0 Å². The van der Waals surface area contributed by atoms with E-state index in [0.29, 0.717) is 22.6 Å². The lowest BCUT2D eigenvalue weighted by atomic mass is 10.2. The van der Waals surface area contributed by atoms with Crippen molar-refractivity contribution in [2.75, 3.05) is 18.4 Å². The number of hydrogen-bond donors (Lipinski definition) is 2. The molecule has 0 radical (unpaired) electrons. The molecule has 2 aromatic heterocycles. The lowest BCUT2D eigenvalue weighted by Crippen LogP contribution is -2.28. The Hall–Kier alpha value is -1.45. The number of sulfonamides is 1. The van der Waals surface area contributed by atoms with Gasteiger partial charge in [-0.3, -0.25) is 0 Å². The molecule has 9 heteroatoms. The van der Waals surface area contributed by atoms with Crippen LogP contribution in [0.3, 0.4) is 0 Å². The van der Waals surface area contributed by atoms with Crippen molar-refractivity contribution >= 4 is 27.4 Å². The van der Waals surface area contributed by atoms with Gasteiger partial charge in [0.2, 0.25) is 10.0 Å². The molecule has 0 aromatic carbocycles. The summed E-state index contributed by atoms with van der Waals surface area (Å²) < 4.78 is 31.8. The summed E-state index contributed by atoms with van der Waals surface area (Å²) in [7, 11) is -3.44. The fraction of sp³-hybridized carbons (Fsp3) is 0.500. The summed E-state index contributed by atoms with van der Waals surface area (Å²) in [5.74, 6) is 0.803. The van der Waals surface area contributed by atoms with Gasteiger partial charge in [0.15, 0.2) is 5.82 Å². The Bertz CT molecular complexity index is 691. The number of hydrogen-bond acceptors (Lipinski definition) is 7. The molecular formula is C12H18N4O3S2. The second-order valence-electron chi connectivity index (χ2n) is 4.80. The van der Waals surface area contributed by atoms with Crippen molar-refractivity contribution in [3.63, 3.8) is 0 Å². The van der Waals surface area contributed by atoms with Crippen LogP contribution < -0.4 is 10.0 Å². The fourth-order valence-corrected chi connectivity index (χ4v) is 3.88. The van der Waals surface area contributed by atoms with Gasteiger partial charge in [-0.05, 0) is 19.1 Å². The quantitative estimate of drug-likeness (QED) is 0.753. The highest BCUT2D eigenvalue weighted by atomic mass is 32.2. The second-order valence-corrected chi connectivity index (χ2v) is 8.08. The van der Waals surface area contributed by atoms with Gasteiger partial charge < -0.3 is 9.84 Å². The summed E-state index contributed by atoms with van der Waals surface area (Å²) >= 11 is 1.24. The van der Waals surface area contributed by atoms with Gasteiger partial charge in [0.25, 0.3) is 0 Å². The molecule has 0 aliphatic heterocycles. The van der Waals surface area contributed by atoms with Crippen LogP contribution in [0.15, 0.2) is 20.9 Å². The normalized spacial score (nSPS) is 12.0. The Morgan fingerprint density at radius 2 is 2.10 bits per heavy atom. The van der Waals surface area contributed by atoms with Crippen molar-refractivity contribution in [1.29, 1.82) is 0 Å². The molecule has 2 rings (SSSR count). The summed E-state index contributed by atoms with van der Waals surface area (Å²) in [5, 5.41) is 6.69. The minimum absolute atomic E-state index is 0.185. The minimum Gasteiger partial charge on any atom is -0.336 e. The van der Waals surface area contributed by atoms with E-state index in [2.05, 4.69) is 20.2 Å². The van der Waals surface area contributed by atoms with Gasteiger partial charge in [-0.15, -0.1) is 11.3 Å². The summed E-state index contributed by atoms with van der Waals surface area (Å²) in [6.45, 7) is 6.40. The van der Waals surface area contributed by atoms with Gasteiger partial charge in [-0.25, -0.2) is 13.1 Å². The van der Waals surface area contributed by atoms with Crippen LogP contribution in [0.4, 0.5) is 6.01 Å². The van der Waals surface area contributed by atoms with Crippen molar-refractivity contribution in [2.45, 2.75) is 30.9 Å². The molecule has 2 N–H and O–H groups in total. The molecule has 116 valence electrons. The van der Waals surface area contributed by atoms with E-state index in [-0.39, 0.29) is 12.5 Å². The van der Waals surface area contributed by atoms with E-state index in [1.54, 1.807) is 12.1 Å². The van der Waals surface area contributed by atoms with Crippen molar-refractivity contribution in [3.05, 3.63) is 22.8 Å². The molecule has 0 aliphatic rings. The molecular weight excluding hydrogens is 312 g/mol. The predicted octanol–water partition coefficient (Wildman–Crippen LogP) is 1.95. The minimum atomic E-state index is -3.44. The highest BCUT2D eigenvalue weighted by Crippen LogP contribution is 2.20. The molecule has 0 bridgehead atoms. The maximum atomic E-state index is 12.0. The lowest BCUT2D eigenvalue weighted by molar-refractivity contribution is 0.419. The third kappa shape index (κ3) is 4.26. The van der Waals surface area contributed by atoms with Gasteiger partial charge in [-0.1, -0.05) is 19.0 Å². The standard InChI is InChI=1S/C12H18N4O3S2/c1-8(2)11-15-12(19-16-11)13-6-7-14-21(17,18)10-5-4-9(3)20-10/h4-5,8,14H,6-7H2,1-3H3,(H,13,15,16). The topological polar surface area (TPSA) is 97.1 Å². The number of rotatable bonds is 7. The van der Waals surface area contributed by atoms with Crippen LogP contribution in [-0.4, -0.2) is 31.6 Å². The van der Waals surface area contributed by atoms with Crippen molar-refractivity contribution in [1.82, 2.24) is 14.9 Å². The van der Waals surface area contributed by atoms with E-state index in [9.17, 15) is 8.42 Å². The zero-order valence-electron chi connectivity index (χ0n) is 12.1. The average molecular weight is 330 g/mol. The summed E-state index contributed by atoms with van der Waals surface area (Å²) in [6, 6.07) is 3.68. The van der Waals surface area contributed by atoms with Crippen LogP contribution in [0.2, 0.25) is 0 Å². The number of nitrogens with zero attached hydrogens (tertiary/aromatic N) is 2. The second kappa shape index (κ2) is 6.54. The first kappa shape index (κ1) is 15.9. The van der Waals surface area contributed by atoms with Gasteiger partial charge >= 0.3 is 6.01 Å². The largest absolute Gasteiger partial charge is 0.336 e. The van der Waals surface area contributed by atoms with E-state index >= 15 is 0 Å². The number of aromatic nitrogens is 2. The molecule has 0 saturated carbocycles. The third-order valence-corrected chi connectivity index (χ3v) is 5.59. The van der Waals surface area contributed by atoms with Gasteiger partial charge in [0.1, 0.15) is 4.21 Å². The number of anilines is 1. The molecule has 0 aliphatic carbocycles. The lowest BCUT2D eigenvalue weighted by Gasteiger charge is -2.04. The number of nitrogens with one attached hydrogen (secondary N) is 2. The molecule has 2 aromatic rings. The molecule has 7 nitrogen and oxygen atoms in total. The SMILES string of the molecule is Cc1ccc(S(=O)(=O)NCCNc2nc(C(C)C)no2)s1. The van der Waals surface area contributed by atoms with Crippen molar-refractivity contribution < 1.29 is 12.9 Å². The number of aryl methyl sites for hydroxylation is 1. The first-order valence-electron chi connectivity index (χ1n) is 6.52. The third-order valence-electron chi connectivity index (χ3n) is 2.63. The molecule has 0 unspecified atom stereocenters. The highest BCUT2D eigenvalue weighted by molar-refractivity contribution is 7.91. The van der Waals surface area contributed by atoms with Crippen LogP contribution in [0.5, 0.6) is 0 Å².